The van der Waals surface area contributed by atoms with E-state index in [2.05, 4.69) is 17.2 Å². The van der Waals surface area contributed by atoms with Crippen LogP contribution in [0.3, 0.4) is 0 Å². The maximum atomic E-state index is 5.38. The lowest BCUT2D eigenvalue weighted by Gasteiger charge is -2.11. The monoisotopic (exact) mass is 277 g/mol. The van der Waals surface area contributed by atoms with Crippen LogP contribution in [0, 0.1) is 0 Å². The molecule has 3 aromatic heterocycles. The first kappa shape index (κ1) is 12.3. The summed E-state index contributed by atoms with van der Waals surface area (Å²) in [5, 5.41) is 5.43. The van der Waals surface area contributed by atoms with Crippen LogP contribution >= 0.6 is 11.3 Å². The molecule has 3 rings (SSSR count). The van der Waals surface area contributed by atoms with Crippen molar-refractivity contribution in [3.63, 3.8) is 0 Å². The molecule has 0 bridgehead atoms. The second kappa shape index (κ2) is 5.07. The number of hydrogen-bond donors (Lipinski definition) is 1. The molecular formula is C13H15N3O2S. The fourth-order valence-corrected chi connectivity index (χ4v) is 2.75. The van der Waals surface area contributed by atoms with Crippen molar-refractivity contribution in [2.45, 2.75) is 19.5 Å². The van der Waals surface area contributed by atoms with Crippen LogP contribution < -0.4 is 10.1 Å². The van der Waals surface area contributed by atoms with E-state index in [1.165, 1.54) is 0 Å². The topological polar surface area (TPSA) is 51.7 Å². The molecule has 1 N–H and O–H groups in total. The zero-order chi connectivity index (χ0) is 13.2. The third kappa shape index (κ3) is 2.24. The molecule has 1 atom stereocenters. The lowest BCUT2D eigenvalue weighted by molar-refractivity contribution is 0.386. The van der Waals surface area contributed by atoms with Gasteiger partial charge in [-0.1, -0.05) is 0 Å². The summed E-state index contributed by atoms with van der Waals surface area (Å²) in [6.45, 7) is 2.74. The molecule has 0 saturated heterocycles. The molecule has 0 spiro atoms. The van der Waals surface area contributed by atoms with E-state index < -0.39 is 0 Å². The summed E-state index contributed by atoms with van der Waals surface area (Å²) in [6.07, 6.45) is 3.69. The van der Waals surface area contributed by atoms with Crippen molar-refractivity contribution in [2.75, 3.05) is 7.11 Å². The largest absolute Gasteiger partial charge is 0.480 e. The molecule has 5 nitrogen and oxygen atoms in total. The summed E-state index contributed by atoms with van der Waals surface area (Å²) in [5.41, 5.74) is 1.03. The minimum atomic E-state index is 0.142. The maximum Gasteiger partial charge on any atom is 0.237 e. The van der Waals surface area contributed by atoms with Crippen molar-refractivity contribution >= 4 is 16.3 Å². The van der Waals surface area contributed by atoms with Crippen LogP contribution in [0.2, 0.25) is 0 Å². The Morgan fingerprint density at radius 1 is 1.58 bits per heavy atom. The second-order valence-electron chi connectivity index (χ2n) is 4.24. The average molecular weight is 277 g/mol. The summed E-state index contributed by atoms with van der Waals surface area (Å²) in [6, 6.07) is 4.00. The fourth-order valence-electron chi connectivity index (χ4n) is 2.03. The van der Waals surface area contributed by atoms with Crippen molar-refractivity contribution in [3.05, 3.63) is 41.4 Å². The van der Waals surface area contributed by atoms with Crippen LogP contribution in [0.4, 0.5) is 0 Å². The molecule has 100 valence electrons. The van der Waals surface area contributed by atoms with Crippen LogP contribution in [0.25, 0.3) is 4.96 Å². The number of aromatic nitrogens is 2. The number of thiazole rings is 1. The Labute approximate surface area is 114 Å². The molecule has 0 saturated carbocycles. The van der Waals surface area contributed by atoms with Crippen LogP contribution in [0.1, 0.15) is 24.4 Å². The number of hydrogen-bond acceptors (Lipinski definition) is 5. The van der Waals surface area contributed by atoms with Gasteiger partial charge in [0.25, 0.3) is 0 Å². The van der Waals surface area contributed by atoms with Gasteiger partial charge in [0, 0.05) is 18.1 Å². The molecule has 3 heterocycles. The van der Waals surface area contributed by atoms with Gasteiger partial charge in [-0.15, -0.1) is 11.3 Å². The summed E-state index contributed by atoms with van der Waals surface area (Å²) in [5.74, 6) is 1.59. The first-order valence-corrected chi connectivity index (χ1v) is 6.92. The van der Waals surface area contributed by atoms with Crippen molar-refractivity contribution in [1.29, 1.82) is 0 Å². The number of nitrogens with one attached hydrogen (secondary N) is 1. The Morgan fingerprint density at radius 2 is 2.47 bits per heavy atom. The highest BCUT2D eigenvalue weighted by atomic mass is 32.1. The van der Waals surface area contributed by atoms with Gasteiger partial charge in [0.1, 0.15) is 11.5 Å². The third-order valence-corrected chi connectivity index (χ3v) is 3.82. The van der Waals surface area contributed by atoms with Gasteiger partial charge in [0.15, 0.2) is 4.96 Å². The molecule has 0 aliphatic heterocycles. The van der Waals surface area contributed by atoms with E-state index in [1.807, 2.05) is 28.1 Å². The van der Waals surface area contributed by atoms with Crippen molar-refractivity contribution in [2.24, 2.45) is 0 Å². The third-order valence-electron chi connectivity index (χ3n) is 3.06. The molecule has 0 fully saturated rings. The molecule has 0 unspecified atom stereocenters. The predicted octanol–water partition coefficient (Wildman–Crippen LogP) is 2.85. The van der Waals surface area contributed by atoms with E-state index in [9.17, 15) is 0 Å². The number of nitrogens with zero attached hydrogens (tertiary/aromatic N) is 2. The van der Waals surface area contributed by atoms with Crippen LogP contribution in [0.15, 0.2) is 34.4 Å². The lowest BCUT2D eigenvalue weighted by Crippen LogP contribution is -2.18. The normalized spacial score (nSPS) is 12.9. The average Bonchev–Trinajstić information content (AvgIpc) is 3.12. The molecule has 0 radical (unpaired) electrons. The molecule has 6 heteroatoms. The number of imidazole rings is 1. The molecule has 0 amide bonds. The van der Waals surface area contributed by atoms with Gasteiger partial charge in [-0.05, 0) is 19.1 Å². The Balaban J connectivity index is 1.79. The van der Waals surface area contributed by atoms with Crippen molar-refractivity contribution in [3.8, 4) is 5.88 Å². The smallest absolute Gasteiger partial charge is 0.237 e. The fraction of sp³-hybridized carbons (Fsp3) is 0.308. The first-order chi connectivity index (χ1) is 9.29. The van der Waals surface area contributed by atoms with Gasteiger partial charge in [-0.2, -0.15) is 4.98 Å². The molecule has 0 aliphatic carbocycles. The predicted molar refractivity (Wildman–Crippen MR) is 73.6 cm³/mol. The molecule has 0 aliphatic rings. The van der Waals surface area contributed by atoms with Gasteiger partial charge in [0.05, 0.1) is 19.4 Å². The standard InChI is InChI=1S/C13H15N3O2S/c1-9(11-4-3-6-18-11)14-8-10-12(17-2)15-13-16(10)5-7-19-13/h3-7,9,14H,8H2,1-2H3/t9-/m0/s1. The summed E-state index contributed by atoms with van der Waals surface area (Å²) < 4.78 is 12.8. The molecule has 3 aromatic rings. The second-order valence-corrected chi connectivity index (χ2v) is 5.11. The Morgan fingerprint density at radius 3 is 3.21 bits per heavy atom. The van der Waals surface area contributed by atoms with Gasteiger partial charge >= 0.3 is 0 Å². The number of methoxy groups -OCH3 is 1. The summed E-state index contributed by atoms with van der Waals surface area (Å²) in [4.78, 5) is 5.37. The summed E-state index contributed by atoms with van der Waals surface area (Å²) >= 11 is 1.60. The number of rotatable bonds is 5. The van der Waals surface area contributed by atoms with E-state index in [4.69, 9.17) is 9.15 Å². The van der Waals surface area contributed by atoms with E-state index in [0.29, 0.717) is 12.4 Å². The van der Waals surface area contributed by atoms with Crippen molar-refractivity contribution < 1.29 is 9.15 Å². The Bertz CT molecular complexity index is 657. The number of ether oxygens (including phenoxy) is 1. The SMILES string of the molecule is COc1nc2sccn2c1CN[C@@H](C)c1ccco1. The van der Waals surface area contributed by atoms with Crippen LogP contribution in [-0.2, 0) is 6.54 Å². The first-order valence-electron chi connectivity index (χ1n) is 6.05. The number of furan rings is 1. The van der Waals surface area contributed by atoms with Crippen LogP contribution in [0.5, 0.6) is 5.88 Å². The minimum absolute atomic E-state index is 0.142. The summed E-state index contributed by atoms with van der Waals surface area (Å²) in [7, 11) is 1.64. The number of fused-ring (bicyclic) bond motifs is 1. The highest BCUT2D eigenvalue weighted by molar-refractivity contribution is 7.15. The quantitative estimate of drug-likeness (QED) is 0.779. The van der Waals surface area contributed by atoms with E-state index in [0.717, 1.165) is 16.4 Å². The molecular weight excluding hydrogens is 262 g/mol. The Hall–Kier alpha value is -1.79. The zero-order valence-corrected chi connectivity index (χ0v) is 11.6. The van der Waals surface area contributed by atoms with E-state index in [1.54, 1.807) is 24.7 Å². The molecule has 0 aromatic carbocycles. The van der Waals surface area contributed by atoms with Crippen molar-refractivity contribution in [1.82, 2.24) is 14.7 Å². The maximum absolute atomic E-state index is 5.38. The van der Waals surface area contributed by atoms with Gasteiger partial charge in [0.2, 0.25) is 5.88 Å². The van der Waals surface area contributed by atoms with Gasteiger partial charge < -0.3 is 14.5 Å². The highest BCUT2D eigenvalue weighted by Gasteiger charge is 2.15. The van der Waals surface area contributed by atoms with Crippen LogP contribution in [-0.4, -0.2) is 16.5 Å². The lowest BCUT2D eigenvalue weighted by atomic mass is 10.2. The van der Waals surface area contributed by atoms with Gasteiger partial charge in [-0.3, -0.25) is 4.40 Å². The van der Waals surface area contributed by atoms with Gasteiger partial charge in [-0.25, -0.2) is 0 Å². The Kier molecular flexibility index (Phi) is 3.27. The van der Waals surface area contributed by atoms with E-state index >= 15 is 0 Å². The molecule has 19 heavy (non-hydrogen) atoms. The highest BCUT2D eigenvalue weighted by Crippen LogP contribution is 2.23. The minimum Gasteiger partial charge on any atom is -0.480 e. The zero-order valence-electron chi connectivity index (χ0n) is 10.8. The van der Waals surface area contributed by atoms with E-state index in [-0.39, 0.29) is 6.04 Å².